The number of anilines is 1. The number of rotatable bonds is 6. The van der Waals surface area contributed by atoms with Crippen molar-refractivity contribution in [2.75, 3.05) is 11.9 Å². The lowest BCUT2D eigenvalue weighted by atomic mass is 10.2. The van der Waals surface area contributed by atoms with Crippen LogP contribution in [-0.4, -0.2) is 26.6 Å². The van der Waals surface area contributed by atoms with Crippen LogP contribution in [0.2, 0.25) is 0 Å². The average Bonchev–Trinajstić information content (AvgIpc) is 2.34. The first-order chi connectivity index (χ1) is 9.23. The summed E-state index contributed by atoms with van der Waals surface area (Å²) in [6.07, 6.45) is 0. The normalized spacial score (nSPS) is 9.85. The number of non-ortho nitro benzene ring substituents is 1. The van der Waals surface area contributed by atoms with E-state index in [0.717, 1.165) is 0 Å². The molecule has 0 atom stereocenters. The molecule has 0 aromatic heterocycles. The van der Waals surface area contributed by atoms with E-state index in [1.807, 2.05) is 0 Å². The van der Waals surface area contributed by atoms with Gasteiger partial charge in [-0.25, -0.2) is 0 Å². The number of carbonyl (C=O) groups excluding carboxylic acids is 1. The summed E-state index contributed by atoms with van der Waals surface area (Å²) in [6, 6.07) is 1.10. The van der Waals surface area contributed by atoms with Crippen molar-refractivity contribution >= 4 is 39.6 Å². The van der Waals surface area contributed by atoms with Gasteiger partial charge in [-0.1, -0.05) is 0 Å². The Morgan fingerprint density at radius 3 is 1.80 bits per heavy atom. The molecule has 0 radical (unpaired) electrons. The van der Waals surface area contributed by atoms with Crippen molar-refractivity contribution in [2.45, 2.75) is 0 Å². The molecule has 106 valence electrons. The molecular weight excluding hydrogens is 300 g/mol. The average molecular weight is 305 g/mol. The maximum Gasteiger partial charge on any atom is 0.306 e. The first kappa shape index (κ1) is 15.2. The third-order valence-electron chi connectivity index (χ3n) is 2.09. The molecule has 12 heteroatoms. The number of halogens is 1. The van der Waals surface area contributed by atoms with E-state index in [-0.39, 0.29) is 0 Å². The van der Waals surface area contributed by atoms with Crippen molar-refractivity contribution in [3.63, 3.8) is 0 Å². The fourth-order valence-electron chi connectivity index (χ4n) is 1.33. The van der Waals surface area contributed by atoms with Crippen molar-refractivity contribution in [3.8, 4) is 0 Å². The van der Waals surface area contributed by atoms with Crippen LogP contribution in [0.3, 0.4) is 0 Å². The smallest absolute Gasteiger partial charge is 0.306 e. The molecule has 20 heavy (non-hydrogen) atoms. The van der Waals surface area contributed by atoms with Gasteiger partial charge in [0.25, 0.3) is 5.69 Å². The van der Waals surface area contributed by atoms with E-state index in [2.05, 4.69) is 5.32 Å². The molecular formula is C8H5ClN4O7. The minimum absolute atomic E-state index is 0.550. The van der Waals surface area contributed by atoms with Crippen LogP contribution in [0.1, 0.15) is 0 Å². The lowest BCUT2D eigenvalue weighted by Crippen LogP contribution is -2.11. The lowest BCUT2D eigenvalue weighted by Gasteiger charge is -2.05. The van der Waals surface area contributed by atoms with Crippen molar-refractivity contribution in [1.82, 2.24) is 0 Å². The number of hydrogen-bond donors (Lipinski definition) is 1. The number of hydrogen-bond acceptors (Lipinski definition) is 8. The van der Waals surface area contributed by atoms with Gasteiger partial charge in [-0.15, -0.1) is 0 Å². The second kappa shape index (κ2) is 5.88. The van der Waals surface area contributed by atoms with Crippen LogP contribution in [0.5, 0.6) is 0 Å². The number of nitrogens with one attached hydrogen (secondary N) is 1. The molecule has 0 aliphatic carbocycles. The molecule has 0 aliphatic heterocycles. The Hall–Kier alpha value is -2.82. The van der Waals surface area contributed by atoms with Gasteiger partial charge in [-0.3, -0.25) is 35.1 Å². The monoisotopic (exact) mass is 304 g/mol. The Labute approximate surface area is 114 Å². The fraction of sp³-hybridized carbons (Fsp3) is 0.125. The third-order valence-corrected chi connectivity index (χ3v) is 2.22. The quantitative estimate of drug-likeness (QED) is 0.471. The zero-order valence-electron chi connectivity index (χ0n) is 9.44. The van der Waals surface area contributed by atoms with E-state index in [4.69, 9.17) is 11.6 Å². The molecule has 0 bridgehead atoms. The van der Waals surface area contributed by atoms with Gasteiger partial charge in [-0.2, -0.15) is 0 Å². The Morgan fingerprint density at radius 2 is 1.50 bits per heavy atom. The summed E-state index contributed by atoms with van der Waals surface area (Å²) in [7, 11) is 0. The molecule has 1 rings (SSSR count). The Balaban J connectivity index is 3.50. The van der Waals surface area contributed by atoms with Gasteiger partial charge >= 0.3 is 11.4 Å². The van der Waals surface area contributed by atoms with Gasteiger partial charge in [0.05, 0.1) is 33.4 Å². The summed E-state index contributed by atoms with van der Waals surface area (Å²) in [4.78, 5) is 39.8. The molecule has 0 amide bonds. The highest BCUT2D eigenvalue weighted by atomic mass is 35.5. The highest BCUT2D eigenvalue weighted by molar-refractivity contribution is 6.64. The number of carbonyl (C=O) groups is 1. The zero-order chi connectivity index (χ0) is 15.4. The molecule has 0 aliphatic rings. The second-order valence-electron chi connectivity index (χ2n) is 3.34. The van der Waals surface area contributed by atoms with E-state index in [9.17, 15) is 35.1 Å². The Bertz CT molecular complexity index is 582. The first-order valence-electron chi connectivity index (χ1n) is 4.77. The minimum atomic E-state index is -1.04. The Kier molecular flexibility index (Phi) is 4.48. The maximum absolute atomic E-state index is 10.8. The summed E-state index contributed by atoms with van der Waals surface area (Å²) in [5.74, 6) is 0. The van der Waals surface area contributed by atoms with E-state index in [1.54, 1.807) is 0 Å². The van der Waals surface area contributed by atoms with Gasteiger partial charge in [0.2, 0.25) is 5.24 Å². The molecule has 11 nitrogen and oxygen atoms in total. The van der Waals surface area contributed by atoms with E-state index >= 15 is 0 Å². The predicted molar refractivity (Wildman–Crippen MR) is 65.8 cm³/mol. The highest BCUT2D eigenvalue weighted by Gasteiger charge is 2.30. The number of nitrogens with zero attached hydrogens (tertiary/aromatic N) is 3. The molecule has 1 aromatic rings. The molecule has 0 heterocycles. The molecule has 0 saturated heterocycles. The molecule has 0 fully saturated rings. The number of nitro groups is 3. The fourth-order valence-corrected chi connectivity index (χ4v) is 1.40. The number of nitro benzene ring substituents is 3. The van der Waals surface area contributed by atoms with Crippen molar-refractivity contribution in [1.29, 1.82) is 0 Å². The lowest BCUT2D eigenvalue weighted by molar-refractivity contribution is -0.401. The molecule has 0 spiro atoms. The minimum Gasteiger partial charge on any atom is -0.365 e. The second-order valence-corrected chi connectivity index (χ2v) is 3.76. The van der Waals surface area contributed by atoms with Crippen LogP contribution >= 0.6 is 11.6 Å². The van der Waals surface area contributed by atoms with Crippen molar-refractivity contribution < 1.29 is 19.6 Å². The molecule has 1 N–H and O–H groups in total. The van der Waals surface area contributed by atoms with E-state index < -0.39 is 49.3 Å². The zero-order valence-corrected chi connectivity index (χ0v) is 10.2. The predicted octanol–water partition coefficient (Wildman–Crippen LogP) is 1.59. The largest absolute Gasteiger partial charge is 0.365 e. The molecule has 0 unspecified atom stereocenters. The Morgan fingerprint density at radius 1 is 1.05 bits per heavy atom. The van der Waals surface area contributed by atoms with Gasteiger partial charge < -0.3 is 5.32 Å². The van der Waals surface area contributed by atoms with Crippen LogP contribution < -0.4 is 5.32 Å². The van der Waals surface area contributed by atoms with Gasteiger partial charge in [0, 0.05) is 0 Å². The molecule has 1 aromatic carbocycles. The summed E-state index contributed by atoms with van der Waals surface area (Å²) < 4.78 is 0. The van der Waals surface area contributed by atoms with Gasteiger partial charge in [0.15, 0.2) is 5.69 Å². The van der Waals surface area contributed by atoms with Crippen LogP contribution in [0.25, 0.3) is 0 Å². The molecule has 0 saturated carbocycles. The van der Waals surface area contributed by atoms with Gasteiger partial charge in [-0.05, 0) is 11.6 Å². The standard InChI is InChI=1S/C8H5ClN4O7/c9-7(14)3-10-8-5(12(17)18)1-4(11(15)16)2-6(8)13(19)20/h1-2,10H,3H2. The highest BCUT2D eigenvalue weighted by Crippen LogP contribution is 2.38. The topological polar surface area (TPSA) is 159 Å². The summed E-state index contributed by atoms with van der Waals surface area (Å²) in [5.41, 5.74) is -3.24. The van der Waals surface area contributed by atoms with E-state index in [0.29, 0.717) is 12.1 Å². The first-order valence-corrected chi connectivity index (χ1v) is 5.15. The number of benzene rings is 1. The summed E-state index contributed by atoms with van der Waals surface area (Å²) in [6.45, 7) is -0.610. The van der Waals surface area contributed by atoms with Crippen LogP contribution in [-0.2, 0) is 4.79 Å². The summed E-state index contributed by atoms with van der Waals surface area (Å²) in [5, 5.41) is 33.4. The van der Waals surface area contributed by atoms with Crippen molar-refractivity contribution in [3.05, 3.63) is 42.5 Å². The van der Waals surface area contributed by atoms with Gasteiger partial charge in [0.1, 0.15) is 0 Å². The third kappa shape index (κ3) is 3.35. The van der Waals surface area contributed by atoms with Crippen LogP contribution in [0.15, 0.2) is 12.1 Å². The van der Waals surface area contributed by atoms with Crippen molar-refractivity contribution in [2.24, 2.45) is 0 Å². The summed E-state index contributed by atoms with van der Waals surface area (Å²) >= 11 is 5.02. The SMILES string of the molecule is O=C(Cl)CNc1c([N+](=O)[O-])cc([N+](=O)[O-])cc1[N+](=O)[O-]. The maximum atomic E-state index is 10.8. The van der Waals surface area contributed by atoms with Crippen LogP contribution in [0, 0.1) is 30.3 Å². The van der Waals surface area contributed by atoms with E-state index in [1.165, 1.54) is 0 Å². The van der Waals surface area contributed by atoms with Crippen LogP contribution in [0.4, 0.5) is 22.7 Å².